The van der Waals surface area contributed by atoms with E-state index in [1.807, 2.05) is 13.8 Å². The van der Waals surface area contributed by atoms with E-state index in [4.69, 9.17) is 14.0 Å². The number of amides is 1. The van der Waals surface area contributed by atoms with Gasteiger partial charge in [0, 0.05) is 18.7 Å². The van der Waals surface area contributed by atoms with Crippen LogP contribution in [0, 0.1) is 13.8 Å². The zero-order valence-electron chi connectivity index (χ0n) is 18.0. The summed E-state index contributed by atoms with van der Waals surface area (Å²) in [4.78, 5) is 12.4. The molecule has 0 unspecified atom stereocenters. The molecule has 0 saturated carbocycles. The van der Waals surface area contributed by atoms with Crippen LogP contribution in [-0.2, 0) is 16.6 Å². The van der Waals surface area contributed by atoms with E-state index < -0.39 is 10.0 Å². The summed E-state index contributed by atoms with van der Waals surface area (Å²) in [5.41, 5.74) is 2.11. The number of hydrogen-bond donors (Lipinski definition) is 2. The predicted octanol–water partition coefficient (Wildman–Crippen LogP) is 2.59. The van der Waals surface area contributed by atoms with Crippen LogP contribution in [0.25, 0.3) is 0 Å². The van der Waals surface area contributed by atoms with Crippen LogP contribution in [0.3, 0.4) is 0 Å². The van der Waals surface area contributed by atoms with Gasteiger partial charge in [0.05, 0.1) is 23.3 Å². The molecule has 0 fully saturated rings. The van der Waals surface area contributed by atoms with E-state index in [9.17, 15) is 13.2 Å². The van der Waals surface area contributed by atoms with Crippen LogP contribution in [0.1, 0.15) is 27.4 Å². The molecule has 1 aromatic heterocycles. The Hall–Kier alpha value is -3.37. The highest BCUT2D eigenvalue weighted by atomic mass is 32.2. The topological polar surface area (TPSA) is 120 Å². The maximum Gasteiger partial charge on any atom is 0.251 e. The summed E-state index contributed by atoms with van der Waals surface area (Å²) < 4.78 is 42.9. The van der Waals surface area contributed by atoms with Gasteiger partial charge in [0.2, 0.25) is 10.0 Å². The number of methoxy groups -OCH3 is 1. The van der Waals surface area contributed by atoms with Gasteiger partial charge in [-0.3, -0.25) is 4.79 Å². The molecule has 0 aliphatic rings. The third-order valence-electron chi connectivity index (χ3n) is 4.75. The largest absolute Gasteiger partial charge is 0.497 e. The van der Waals surface area contributed by atoms with E-state index in [0.717, 1.165) is 11.3 Å². The van der Waals surface area contributed by atoms with E-state index in [-0.39, 0.29) is 23.9 Å². The molecule has 0 radical (unpaired) electrons. The Bertz CT molecular complexity index is 1140. The molecular weight excluding hydrogens is 434 g/mol. The minimum Gasteiger partial charge on any atom is -0.497 e. The van der Waals surface area contributed by atoms with Crippen LogP contribution in [0.2, 0.25) is 0 Å². The molecule has 10 heteroatoms. The molecule has 0 spiro atoms. The van der Waals surface area contributed by atoms with Crippen molar-refractivity contribution in [2.24, 2.45) is 0 Å². The second-order valence-corrected chi connectivity index (χ2v) is 8.71. The number of benzene rings is 2. The smallest absolute Gasteiger partial charge is 0.251 e. The van der Waals surface area contributed by atoms with Gasteiger partial charge in [0.25, 0.3) is 5.91 Å². The Morgan fingerprint density at radius 3 is 2.25 bits per heavy atom. The number of carbonyl (C=O) groups is 1. The van der Waals surface area contributed by atoms with Gasteiger partial charge in [-0.05, 0) is 62.4 Å². The molecular formula is C22H25N3O6S. The minimum absolute atomic E-state index is 0.0543. The number of ether oxygens (including phenoxy) is 2. The summed E-state index contributed by atoms with van der Waals surface area (Å²) in [5.74, 6) is 1.57. The van der Waals surface area contributed by atoms with Gasteiger partial charge in [0.15, 0.2) is 0 Å². The third kappa shape index (κ3) is 5.86. The van der Waals surface area contributed by atoms with Crippen molar-refractivity contribution in [3.63, 3.8) is 0 Å². The van der Waals surface area contributed by atoms with Gasteiger partial charge >= 0.3 is 0 Å². The van der Waals surface area contributed by atoms with Crippen molar-refractivity contribution in [2.75, 3.05) is 20.2 Å². The standard InChI is InChI=1S/C22H25N3O6S/c1-15-21(16(2)31-25-15)14-30-19-6-4-17(5-7-19)22(26)23-12-13-24-32(27,28)20-10-8-18(29-3)9-11-20/h4-11,24H,12-14H2,1-3H3,(H,23,26). The molecule has 1 amide bonds. The fourth-order valence-corrected chi connectivity index (χ4v) is 3.90. The fourth-order valence-electron chi connectivity index (χ4n) is 2.87. The van der Waals surface area contributed by atoms with Crippen LogP contribution in [0.15, 0.2) is 57.9 Å². The van der Waals surface area contributed by atoms with Crippen molar-refractivity contribution in [3.05, 3.63) is 71.1 Å². The summed E-state index contributed by atoms with van der Waals surface area (Å²) in [6.45, 7) is 4.18. The quantitative estimate of drug-likeness (QED) is 0.447. The van der Waals surface area contributed by atoms with Crippen LogP contribution in [0.5, 0.6) is 11.5 Å². The first-order valence-electron chi connectivity index (χ1n) is 9.86. The van der Waals surface area contributed by atoms with Crippen molar-refractivity contribution in [1.82, 2.24) is 15.2 Å². The number of rotatable bonds is 10. The Kier molecular flexibility index (Phi) is 7.49. The maximum absolute atomic E-state index is 12.3. The number of sulfonamides is 1. The van der Waals surface area contributed by atoms with Gasteiger partial charge in [0.1, 0.15) is 23.9 Å². The van der Waals surface area contributed by atoms with Crippen LogP contribution < -0.4 is 19.5 Å². The average Bonchev–Trinajstić information content (AvgIpc) is 3.12. The minimum atomic E-state index is -3.67. The van der Waals surface area contributed by atoms with E-state index in [1.54, 1.807) is 36.4 Å². The maximum atomic E-state index is 12.3. The number of aromatic nitrogens is 1. The summed E-state index contributed by atoms with van der Waals surface area (Å²) in [7, 11) is -2.16. The lowest BCUT2D eigenvalue weighted by atomic mass is 10.2. The van der Waals surface area contributed by atoms with E-state index in [1.165, 1.54) is 19.2 Å². The second-order valence-electron chi connectivity index (χ2n) is 6.94. The Morgan fingerprint density at radius 1 is 1.00 bits per heavy atom. The number of aryl methyl sites for hydroxylation is 2. The Labute approximate surface area is 186 Å². The molecule has 0 aliphatic carbocycles. The third-order valence-corrected chi connectivity index (χ3v) is 6.23. The Morgan fingerprint density at radius 2 is 1.66 bits per heavy atom. The van der Waals surface area contributed by atoms with Crippen molar-refractivity contribution >= 4 is 15.9 Å². The summed E-state index contributed by atoms with van der Waals surface area (Å²) in [6, 6.07) is 12.7. The predicted molar refractivity (Wildman–Crippen MR) is 117 cm³/mol. The second kappa shape index (κ2) is 10.3. The Balaban J connectivity index is 1.45. The van der Waals surface area contributed by atoms with Crippen molar-refractivity contribution in [1.29, 1.82) is 0 Å². The first-order valence-corrected chi connectivity index (χ1v) is 11.3. The lowest BCUT2D eigenvalue weighted by Gasteiger charge is -2.09. The van der Waals surface area contributed by atoms with Crippen LogP contribution >= 0.6 is 0 Å². The molecule has 1 heterocycles. The molecule has 3 aromatic rings. The number of nitrogens with one attached hydrogen (secondary N) is 2. The highest BCUT2D eigenvalue weighted by molar-refractivity contribution is 7.89. The first-order chi connectivity index (χ1) is 15.3. The van der Waals surface area contributed by atoms with Crippen molar-refractivity contribution in [2.45, 2.75) is 25.3 Å². The molecule has 9 nitrogen and oxygen atoms in total. The van der Waals surface area contributed by atoms with Gasteiger partial charge in [-0.25, -0.2) is 13.1 Å². The molecule has 2 N–H and O–H groups in total. The average molecular weight is 460 g/mol. The summed E-state index contributed by atoms with van der Waals surface area (Å²) in [5, 5.41) is 6.57. The van der Waals surface area contributed by atoms with Gasteiger partial charge < -0.3 is 19.3 Å². The van der Waals surface area contributed by atoms with E-state index >= 15 is 0 Å². The molecule has 3 rings (SSSR count). The first kappa shape index (κ1) is 23.3. The molecule has 0 saturated heterocycles. The zero-order valence-corrected chi connectivity index (χ0v) is 18.9. The summed E-state index contributed by atoms with van der Waals surface area (Å²) >= 11 is 0. The highest BCUT2D eigenvalue weighted by Crippen LogP contribution is 2.18. The normalized spacial score (nSPS) is 11.2. The van der Waals surface area contributed by atoms with E-state index in [2.05, 4.69) is 15.2 Å². The van der Waals surface area contributed by atoms with E-state index in [0.29, 0.717) is 29.4 Å². The van der Waals surface area contributed by atoms with Crippen molar-refractivity contribution < 1.29 is 27.2 Å². The van der Waals surface area contributed by atoms with Crippen LogP contribution in [0.4, 0.5) is 0 Å². The molecule has 0 bridgehead atoms. The number of hydrogen-bond acceptors (Lipinski definition) is 7. The lowest BCUT2D eigenvalue weighted by molar-refractivity contribution is 0.0954. The van der Waals surface area contributed by atoms with Crippen molar-refractivity contribution in [3.8, 4) is 11.5 Å². The molecule has 0 atom stereocenters. The number of carbonyl (C=O) groups excluding carboxylic acids is 1. The monoisotopic (exact) mass is 459 g/mol. The zero-order chi connectivity index (χ0) is 23.1. The van der Waals surface area contributed by atoms with Gasteiger partial charge in [-0.1, -0.05) is 5.16 Å². The molecule has 2 aromatic carbocycles. The summed E-state index contributed by atoms with van der Waals surface area (Å²) in [6.07, 6.45) is 0. The SMILES string of the molecule is COc1ccc(S(=O)(=O)NCCNC(=O)c2ccc(OCc3c(C)noc3C)cc2)cc1. The molecule has 32 heavy (non-hydrogen) atoms. The van der Waals surface area contributed by atoms with Crippen LogP contribution in [-0.4, -0.2) is 39.7 Å². The molecule has 170 valence electrons. The highest BCUT2D eigenvalue weighted by Gasteiger charge is 2.14. The van der Waals surface area contributed by atoms with Gasteiger partial charge in [-0.15, -0.1) is 0 Å². The van der Waals surface area contributed by atoms with Gasteiger partial charge in [-0.2, -0.15) is 0 Å². The molecule has 0 aliphatic heterocycles. The fraction of sp³-hybridized carbons (Fsp3) is 0.273. The lowest BCUT2D eigenvalue weighted by Crippen LogP contribution is -2.34. The number of nitrogens with zero attached hydrogens (tertiary/aromatic N) is 1.